The molecule has 1 saturated carbocycles. The maximum Gasteiger partial charge on any atom is 0.412 e. The molecule has 1 heterocycles. The van der Waals surface area contributed by atoms with Crippen molar-refractivity contribution in [1.82, 2.24) is 10.5 Å². The Kier molecular flexibility index (Phi) is 7.73. The molecule has 35 heavy (non-hydrogen) atoms. The number of hydrogen-bond acceptors (Lipinski definition) is 6. The molecule has 2 aromatic carbocycles. The smallest absolute Gasteiger partial charge is 0.412 e. The molecule has 1 amide bonds. The molecule has 0 unspecified atom stereocenters. The number of hydrogen-bond donors (Lipinski definition) is 3. The van der Waals surface area contributed by atoms with Crippen LogP contribution in [0.25, 0.3) is 11.3 Å². The summed E-state index contributed by atoms with van der Waals surface area (Å²) in [4.78, 5) is 24.1. The van der Waals surface area contributed by atoms with Gasteiger partial charge < -0.3 is 19.7 Å². The summed E-state index contributed by atoms with van der Waals surface area (Å²) in [6.07, 6.45) is 1.68. The quantitative estimate of drug-likeness (QED) is 0.317. The van der Waals surface area contributed by atoms with Crippen molar-refractivity contribution < 1.29 is 24.0 Å². The van der Waals surface area contributed by atoms with Crippen molar-refractivity contribution in [1.29, 1.82) is 0 Å². The Morgan fingerprint density at radius 1 is 1.20 bits per heavy atom. The molecule has 0 saturated heterocycles. The number of benzene rings is 2. The fourth-order valence-electron chi connectivity index (χ4n) is 3.85. The van der Waals surface area contributed by atoms with Gasteiger partial charge in [0.25, 0.3) is 0 Å². The van der Waals surface area contributed by atoms with Gasteiger partial charge in [-0.15, -0.1) is 0 Å². The zero-order chi connectivity index (χ0) is 24.9. The lowest BCUT2D eigenvalue weighted by Crippen LogP contribution is -2.36. The molecule has 0 aliphatic heterocycles. The van der Waals surface area contributed by atoms with Crippen LogP contribution in [-0.2, 0) is 16.1 Å². The summed E-state index contributed by atoms with van der Waals surface area (Å²) in [6.45, 7) is 3.91. The van der Waals surface area contributed by atoms with E-state index in [0.717, 1.165) is 24.0 Å². The molecule has 0 spiro atoms. The second kappa shape index (κ2) is 10.9. The second-order valence-electron chi connectivity index (χ2n) is 8.81. The average molecular weight is 498 g/mol. The Bertz CT molecular complexity index is 1190. The number of aliphatic carboxylic acids is 1. The SMILES string of the molecule is Cc1noc(-c2ccc(CN[C@H](CC3CC3)C(=O)O)cc2)c1NC(=O)O[C@H](C)c1ccccc1Cl. The van der Waals surface area contributed by atoms with Crippen LogP contribution in [-0.4, -0.2) is 28.4 Å². The summed E-state index contributed by atoms with van der Waals surface area (Å²) in [5.41, 5.74) is 3.30. The predicted molar refractivity (Wildman–Crippen MR) is 132 cm³/mol. The Morgan fingerprint density at radius 3 is 2.57 bits per heavy atom. The number of ether oxygens (including phenoxy) is 1. The van der Waals surface area contributed by atoms with Crippen LogP contribution in [0.15, 0.2) is 53.1 Å². The van der Waals surface area contributed by atoms with Gasteiger partial charge in [0.15, 0.2) is 5.76 Å². The number of amides is 1. The number of halogens is 1. The van der Waals surface area contributed by atoms with Crippen molar-refractivity contribution in [3.63, 3.8) is 0 Å². The minimum Gasteiger partial charge on any atom is -0.480 e. The van der Waals surface area contributed by atoms with E-state index in [9.17, 15) is 14.7 Å². The number of aryl methyl sites for hydroxylation is 1. The van der Waals surface area contributed by atoms with Crippen LogP contribution < -0.4 is 10.6 Å². The minimum atomic E-state index is -0.822. The maximum absolute atomic E-state index is 12.6. The van der Waals surface area contributed by atoms with Crippen LogP contribution >= 0.6 is 11.6 Å². The molecule has 9 heteroatoms. The molecular weight excluding hydrogens is 470 g/mol. The van der Waals surface area contributed by atoms with Crippen molar-refractivity contribution in [2.75, 3.05) is 5.32 Å². The summed E-state index contributed by atoms with van der Waals surface area (Å²) in [5.74, 6) is 0.101. The van der Waals surface area contributed by atoms with E-state index in [-0.39, 0.29) is 0 Å². The molecule has 2 atom stereocenters. The highest BCUT2D eigenvalue weighted by Gasteiger charge is 2.29. The molecule has 3 aromatic rings. The third-order valence-electron chi connectivity index (χ3n) is 6.05. The van der Waals surface area contributed by atoms with Gasteiger partial charge in [0.2, 0.25) is 0 Å². The van der Waals surface area contributed by atoms with E-state index in [1.165, 1.54) is 0 Å². The van der Waals surface area contributed by atoms with Gasteiger partial charge in [-0.2, -0.15) is 0 Å². The van der Waals surface area contributed by atoms with E-state index < -0.39 is 24.2 Å². The molecule has 184 valence electrons. The number of carboxylic acids is 1. The summed E-state index contributed by atoms with van der Waals surface area (Å²) in [6, 6.07) is 14.1. The van der Waals surface area contributed by atoms with E-state index in [0.29, 0.717) is 46.6 Å². The molecule has 4 rings (SSSR count). The molecule has 0 radical (unpaired) electrons. The molecule has 1 aliphatic rings. The predicted octanol–water partition coefficient (Wildman–Crippen LogP) is 5.96. The highest BCUT2D eigenvalue weighted by Crippen LogP contribution is 2.34. The standard InChI is InChI=1S/C26H28ClN3O5/c1-15-23(29-26(33)34-16(2)20-5-3-4-6-21(20)27)24(35-30-15)19-11-9-18(10-12-19)14-28-22(25(31)32)13-17-7-8-17/h3-6,9-12,16-17,22,28H,7-8,13-14H2,1-2H3,(H,29,33)(H,31,32)/t16-,22-/m1/s1. The van der Waals surface area contributed by atoms with Crippen molar-refractivity contribution in [2.24, 2.45) is 5.92 Å². The fourth-order valence-corrected chi connectivity index (χ4v) is 4.14. The van der Waals surface area contributed by atoms with Crippen molar-refractivity contribution in [3.8, 4) is 11.3 Å². The monoisotopic (exact) mass is 497 g/mol. The molecule has 3 N–H and O–H groups in total. The molecule has 1 aromatic heterocycles. The van der Waals surface area contributed by atoms with Crippen LogP contribution in [0, 0.1) is 12.8 Å². The second-order valence-corrected chi connectivity index (χ2v) is 9.22. The molecular formula is C26H28ClN3O5. The van der Waals surface area contributed by atoms with Gasteiger partial charge in [0, 0.05) is 22.7 Å². The Labute approximate surface area is 208 Å². The number of rotatable bonds is 10. The molecule has 8 nitrogen and oxygen atoms in total. The number of carbonyl (C=O) groups excluding carboxylic acids is 1. The van der Waals surface area contributed by atoms with Crippen LogP contribution in [0.3, 0.4) is 0 Å². The van der Waals surface area contributed by atoms with E-state index in [1.54, 1.807) is 26.0 Å². The Morgan fingerprint density at radius 2 is 1.91 bits per heavy atom. The number of anilines is 1. The highest BCUT2D eigenvalue weighted by molar-refractivity contribution is 6.31. The third-order valence-corrected chi connectivity index (χ3v) is 6.39. The van der Waals surface area contributed by atoms with Crippen molar-refractivity contribution in [3.05, 3.63) is 70.4 Å². The van der Waals surface area contributed by atoms with E-state index in [1.807, 2.05) is 36.4 Å². The number of aromatic nitrogens is 1. The largest absolute Gasteiger partial charge is 0.480 e. The van der Waals surface area contributed by atoms with Gasteiger partial charge in [0.1, 0.15) is 23.5 Å². The Balaban J connectivity index is 1.39. The van der Waals surface area contributed by atoms with E-state index >= 15 is 0 Å². The van der Waals surface area contributed by atoms with Gasteiger partial charge in [0.05, 0.1) is 0 Å². The van der Waals surface area contributed by atoms with Gasteiger partial charge in [-0.05, 0) is 37.8 Å². The number of carbonyl (C=O) groups is 2. The summed E-state index contributed by atoms with van der Waals surface area (Å²) < 4.78 is 11.0. The molecule has 1 aliphatic carbocycles. The van der Waals surface area contributed by atoms with Gasteiger partial charge >= 0.3 is 12.1 Å². The van der Waals surface area contributed by atoms with Crippen molar-refractivity contribution in [2.45, 2.75) is 51.8 Å². The maximum atomic E-state index is 12.6. The normalized spacial score (nSPS) is 14.8. The van der Waals surface area contributed by atoms with Gasteiger partial charge in [-0.25, -0.2) is 4.79 Å². The highest BCUT2D eigenvalue weighted by atomic mass is 35.5. The lowest BCUT2D eigenvalue weighted by Gasteiger charge is -2.15. The zero-order valence-electron chi connectivity index (χ0n) is 19.6. The summed E-state index contributed by atoms with van der Waals surface area (Å²) in [7, 11) is 0. The zero-order valence-corrected chi connectivity index (χ0v) is 20.3. The Hall–Kier alpha value is -3.36. The lowest BCUT2D eigenvalue weighted by molar-refractivity contribution is -0.139. The van der Waals surface area contributed by atoms with Crippen LogP contribution in [0.1, 0.15) is 49.1 Å². The number of nitrogens with one attached hydrogen (secondary N) is 2. The average Bonchev–Trinajstić information content (AvgIpc) is 3.59. The number of nitrogens with zero attached hydrogens (tertiary/aromatic N) is 1. The van der Waals surface area contributed by atoms with Gasteiger partial charge in [-0.3, -0.25) is 10.1 Å². The summed E-state index contributed by atoms with van der Waals surface area (Å²) >= 11 is 6.20. The first-order valence-corrected chi connectivity index (χ1v) is 11.9. The van der Waals surface area contributed by atoms with Crippen molar-refractivity contribution >= 4 is 29.4 Å². The van der Waals surface area contributed by atoms with E-state index in [4.69, 9.17) is 20.9 Å². The first-order chi connectivity index (χ1) is 16.8. The molecule has 1 fully saturated rings. The van der Waals surface area contributed by atoms with Crippen LogP contribution in [0.4, 0.5) is 10.5 Å². The fraction of sp³-hybridized carbons (Fsp3) is 0.346. The topological polar surface area (TPSA) is 114 Å². The third kappa shape index (κ3) is 6.41. The van der Waals surface area contributed by atoms with Gasteiger partial charge in [-0.1, -0.05) is 72.1 Å². The minimum absolute atomic E-state index is 0.404. The first-order valence-electron chi connectivity index (χ1n) is 11.6. The van der Waals surface area contributed by atoms with Crippen LogP contribution in [0.2, 0.25) is 5.02 Å². The first kappa shape index (κ1) is 24.8. The van der Waals surface area contributed by atoms with Crippen LogP contribution in [0.5, 0.6) is 0 Å². The number of carboxylic acid groups (broad SMARTS) is 1. The molecule has 0 bridgehead atoms. The lowest BCUT2D eigenvalue weighted by atomic mass is 10.1. The van der Waals surface area contributed by atoms with E-state index in [2.05, 4.69) is 15.8 Å². The summed E-state index contributed by atoms with van der Waals surface area (Å²) in [5, 5.41) is 19.8.